The van der Waals surface area contributed by atoms with Gasteiger partial charge in [-0.15, -0.1) is 0 Å². The van der Waals surface area contributed by atoms with Crippen molar-refractivity contribution in [2.24, 2.45) is 0 Å². The molecule has 5 heteroatoms. The first-order valence-electron chi connectivity index (χ1n) is 8.14. The molecule has 0 aliphatic carbocycles. The number of benzene rings is 2. The maximum absolute atomic E-state index is 6.85. The molecule has 124 valence electrons. The second kappa shape index (κ2) is 7.08. The molecule has 0 aliphatic heterocycles. The Morgan fingerprint density at radius 1 is 0.565 bits per heavy atom. The van der Waals surface area contributed by atoms with Crippen LogP contribution in [0.25, 0.3) is 0 Å². The van der Waals surface area contributed by atoms with Crippen molar-refractivity contribution in [1.29, 1.82) is 0 Å². The Morgan fingerprint density at radius 3 is 1.13 bits per heavy atom. The summed E-state index contributed by atoms with van der Waals surface area (Å²) in [7, 11) is 0. The zero-order valence-corrected chi connectivity index (χ0v) is 19.5. The van der Waals surface area contributed by atoms with Gasteiger partial charge in [0.15, 0.2) is 0 Å². The Hall–Kier alpha value is -0.643. The van der Waals surface area contributed by atoms with E-state index in [1.807, 2.05) is 36.4 Å². The molecule has 2 aromatic rings. The first kappa shape index (κ1) is 18.7. The average Bonchev–Trinajstić information content (AvgIpc) is 2.46. The van der Waals surface area contributed by atoms with E-state index in [0.717, 1.165) is 11.5 Å². The van der Waals surface area contributed by atoms with Gasteiger partial charge in [-0.3, -0.25) is 0 Å². The van der Waals surface area contributed by atoms with Crippen molar-refractivity contribution in [3.63, 3.8) is 0 Å². The number of para-hydroxylation sites is 2. The van der Waals surface area contributed by atoms with Crippen LogP contribution in [0.15, 0.2) is 60.7 Å². The molecule has 0 saturated carbocycles. The number of rotatable bonds is 6. The van der Waals surface area contributed by atoms with Crippen molar-refractivity contribution in [2.75, 3.05) is 0 Å². The van der Waals surface area contributed by atoms with Crippen molar-refractivity contribution in [1.82, 2.24) is 0 Å². The molecule has 0 spiro atoms. The Morgan fingerprint density at radius 2 is 0.870 bits per heavy atom. The molecular formula is C18H28O2Si2Zr. The molecule has 0 aromatic heterocycles. The van der Waals surface area contributed by atoms with Crippen molar-refractivity contribution >= 4 is 10.4 Å². The van der Waals surface area contributed by atoms with Crippen LogP contribution in [0, 0.1) is 0 Å². The minimum atomic E-state index is -3.36. The number of hydrogen-bond donors (Lipinski definition) is 0. The van der Waals surface area contributed by atoms with E-state index in [-0.39, 0.29) is 0 Å². The van der Waals surface area contributed by atoms with Crippen LogP contribution < -0.4 is 5.63 Å². The van der Waals surface area contributed by atoms with Gasteiger partial charge in [0, 0.05) is 0 Å². The minimum absolute atomic E-state index is 0.976. The first-order valence-corrected chi connectivity index (χ1v) is 24.5. The summed E-state index contributed by atoms with van der Waals surface area (Å²) in [6.45, 7) is 14.5. The second-order valence-electron chi connectivity index (χ2n) is 7.95. The third-order valence-electron chi connectivity index (χ3n) is 3.98. The van der Waals surface area contributed by atoms with Gasteiger partial charge in [0.1, 0.15) is 0 Å². The third-order valence-corrected chi connectivity index (χ3v) is 68.7. The third kappa shape index (κ3) is 4.26. The van der Waals surface area contributed by atoms with Crippen LogP contribution in [-0.4, -0.2) is 10.4 Å². The van der Waals surface area contributed by atoms with E-state index in [0.29, 0.717) is 0 Å². The van der Waals surface area contributed by atoms with Crippen LogP contribution in [0.2, 0.25) is 39.3 Å². The maximum atomic E-state index is 6.85. The van der Waals surface area contributed by atoms with Crippen molar-refractivity contribution < 1.29 is 25.1 Å². The zero-order valence-electron chi connectivity index (χ0n) is 15.1. The molecule has 0 radical (unpaired) electrons. The van der Waals surface area contributed by atoms with E-state index in [1.54, 1.807) is 0 Å². The molecule has 2 rings (SSSR count). The number of hydrogen-bond acceptors (Lipinski definition) is 2. The van der Waals surface area contributed by atoms with Gasteiger partial charge >= 0.3 is 147 Å². The zero-order chi connectivity index (χ0) is 17.1. The first-order chi connectivity index (χ1) is 10.7. The predicted molar refractivity (Wildman–Crippen MR) is 101 cm³/mol. The summed E-state index contributed by atoms with van der Waals surface area (Å²) in [5.41, 5.74) is 0. The SMILES string of the molecule is C[Si](C)(C)[Zr]([O]c1ccccc1)([O]c1ccccc1)[Si](C)(C)C. The van der Waals surface area contributed by atoms with Gasteiger partial charge < -0.3 is 0 Å². The molecule has 0 unspecified atom stereocenters. The average molecular weight is 424 g/mol. The van der Waals surface area contributed by atoms with E-state index in [2.05, 4.69) is 63.5 Å². The van der Waals surface area contributed by atoms with Crippen molar-refractivity contribution in [3.05, 3.63) is 60.7 Å². The Labute approximate surface area is 146 Å². The molecule has 2 nitrogen and oxygen atoms in total. The summed E-state index contributed by atoms with van der Waals surface area (Å²) in [5, 5.41) is -3.22. The quantitative estimate of drug-likeness (QED) is 0.547. The standard InChI is InChI=1S/2C6H6O.2C3H9Si.Zr/c2*7-6-4-2-1-3-5-6;2*1-4(2)3;/h2*1-5,7H;2*1-3H3;/q;;;;+2/p-2. The molecule has 0 atom stereocenters. The fourth-order valence-electron chi connectivity index (χ4n) is 3.07. The molecule has 0 saturated heterocycles. The van der Waals surface area contributed by atoms with E-state index >= 15 is 0 Å². The molecule has 23 heavy (non-hydrogen) atoms. The predicted octanol–water partition coefficient (Wildman–Crippen LogP) is 5.80. The van der Waals surface area contributed by atoms with Crippen LogP contribution in [-0.2, 0) is 19.5 Å². The summed E-state index contributed by atoms with van der Waals surface area (Å²) in [6, 6.07) is 20.5. The van der Waals surface area contributed by atoms with Gasteiger partial charge in [-0.05, 0) is 0 Å². The molecule has 0 N–H and O–H groups in total. The monoisotopic (exact) mass is 422 g/mol. The Bertz CT molecular complexity index is 561. The summed E-state index contributed by atoms with van der Waals surface area (Å²) < 4.78 is 13.7. The van der Waals surface area contributed by atoms with Crippen LogP contribution in [0.1, 0.15) is 0 Å². The van der Waals surface area contributed by atoms with Gasteiger partial charge in [0.25, 0.3) is 0 Å². The molecule has 0 heterocycles. The second-order valence-corrected chi connectivity index (χ2v) is 53.9. The molecular weight excluding hydrogens is 396 g/mol. The van der Waals surface area contributed by atoms with E-state index < -0.39 is 29.9 Å². The van der Waals surface area contributed by atoms with Crippen LogP contribution >= 0.6 is 0 Å². The van der Waals surface area contributed by atoms with Gasteiger partial charge in [-0.1, -0.05) is 0 Å². The summed E-state index contributed by atoms with van der Waals surface area (Å²) in [4.78, 5) is 0. The van der Waals surface area contributed by atoms with Gasteiger partial charge in [0.2, 0.25) is 0 Å². The van der Waals surface area contributed by atoms with Crippen LogP contribution in [0.5, 0.6) is 11.5 Å². The van der Waals surface area contributed by atoms with Crippen molar-refractivity contribution in [3.8, 4) is 11.5 Å². The van der Waals surface area contributed by atoms with E-state index in [9.17, 15) is 0 Å². The fourth-order valence-corrected chi connectivity index (χ4v) is 77.3. The van der Waals surface area contributed by atoms with Gasteiger partial charge in [-0.25, -0.2) is 0 Å². The summed E-state index contributed by atoms with van der Waals surface area (Å²) >= 11 is -3.36. The fraction of sp³-hybridized carbons (Fsp3) is 0.333. The van der Waals surface area contributed by atoms with Gasteiger partial charge in [-0.2, -0.15) is 0 Å². The van der Waals surface area contributed by atoms with Crippen LogP contribution in [0.4, 0.5) is 0 Å². The molecule has 0 amide bonds. The Balaban J connectivity index is 2.51. The summed E-state index contributed by atoms with van der Waals surface area (Å²) in [5.74, 6) is 1.95. The van der Waals surface area contributed by atoms with E-state index in [4.69, 9.17) is 5.63 Å². The van der Waals surface area contributed by atoms with Crippen LogP contribution in [0.3, 0.4) is 0 Å². The Kier molecular flexibility index (Phi) is 5.75. The molecule has 0 bridgehead atoms. The molecule has 2 aromatic carbocycles. The van der Waals surface area contributed by atoms with Crippen molar-refractivity contribution in [2.45, 2.75) is 39.3 Å². The topological polar surface area (TPSA) is 18.5 Å². The molecule has 0 aliphatic rings. The van der Waals surface area contributed by atoms with Gasteiger partial charge in [0.05, 0.1) is 0 Å². The molecule has 0 fully saturated rings. The normalized spacial score (nSPS) is 12.8. The summed E-state index contributed by atoms with van der Waals surface area (Å²) in [6.07, 6.45) is 0. The van der Waals surface area contributed by atoms with E-state index in [1.165, 1.54) is 0 Å².